The lowest BCUT2D eigenvalue weighted by atomic mass is 10.2. The third-order valence-corrected chi connectivity index (χ3v) is 5.37. The number of nitrogen functional groups attached to an aromatic ring is 1. The maximum atomic E-state index is 10.7. The number of nitrogens with two attached hydrogens (primary N) is 1. The van der Waals surface area contributed by atoms with Crippen LogP contribution in [0, 0.1) is 10.1 Å². The van der Waals surface area contributed by atoms with Crippen molar-refractivity contribution in [3.8, 4) is 0 Å². The monoisotopic (exact) mass is 416 g/mol. The lowest BCUT2D eigenvalue weighted by Crippen LogP contribution is -1.90. The molecule has 0 aliphatic carbocycles. The van der Waals surface area contributed by atoms with Crippen LogP contribution in [0.2, 0.25) is 0 Å². The molecule has 7 heteroatoms. The largest absolute Gasteiger partial charge is 0.399 e. The summed E-state index contributed by atoms with van der Waals surface area (Å²) in [5, 5.41) is 10.7. The Balaban J connectivity index is 2.13. The first-order valence-electron chi connectivity index (χ1n) is 5.58. The van der Waals surface area contributed by atoms with E-state index in [4.69, 9.17) is 5.73 Å². The van der Waals surface area contributed by atoms with E-state index in [2.05, 4.69) is 31.9 Å². The number of hydrogen-bond donors (Lipinski definition) is 1. The fourth-order valence-electron chi connectivity index (χ4n) is 1.56. The van der Waals surface area contributed by atoms with Crippen molar-refractivity contribution >= 4 is 55.0 Å². The average Bonchev–Trinajstić information content (AvgIpc) is 2.38. The lowest BCUT2D eigenvalue weighted by molar-refractivity contribution is -0.384. The number of thioether (sulfide) groups is 1. The first-order chi connectivity index (χ1) is 9.47. The standard InChI is InChI=1S/C13H10Br2N2O2S/c14-11-6-10(17(18)19)3-1-8(11)7-20-13-4-2-9(16)5-12(13)15/h1-6H,7,16H2. The normalized spacial score (nSPS) is 10.5. The predicted molar refractivity (Wildman–Crippen MR) is 88.9 cm³/mol. The molecule has 0 bridgehead atoms. The van der Waals surface area contributed by atoms with Gasteiger partial charge in [0.15, 0.2) is 0 Å². The summed E-state index contributed by atoms with van der Waals surface area (Å²) in [6.07, 6.45) is 0. The minimum absolute atomic E-state index is 0.0827. The molecule has 4 nitrogen and oxygen atoms in total. The molecule has 0 saturated carbocycles. The van der Waals surface area contributed by atoms with Gasteiger partial charge in [-0.25, -0.2) is 0 Å². The van der Waals surface area contributed by atoms with Gasteiger partial charge >= 0.3 is 0 Å². The van der Waals surface area contributed by atoms with Gasteiger partial charge in [-0.1, -0.05) is 22.0 Å². The SMILES string of the molecule is Nc1ccc(SCc2ccc([N+](=O)[O-])cc2Br)c(Br)c1. The summed E-state index contributed by atoms with van der Waals surface area (Å²) in [5.74, 6) is 0.709. The fraction of sp³-hybridized carbons (Fsp3) is 0.0769. The van der Waals surface area contributed by atoms with Crippen LogP contribution in [0.3, 0.4) is 0 Å². The van der Waals surface area contributed by atoms with Crippen molar-refractivity contribution in [2.24, 2.45) is 0 Å². The molecule has 0 radical (unpaired) electrons. The van der Waals surface area contributed by atoms with Crippen molar-refractivity contribution < 1.29 is 4.92 Å². The Kier molecular flexibility index (Phi) is 5.06. The zero-order valence-corrected chi connectivity index (χ0v) is 14.2. The molecule has 0 atom stereocenters. The highest BCUT2D eigenvalue weighted by Gasteiger charge is 2.10. The van der Waals surface area contributed by atoms with Crippen LogP contribution in [0.1, 0.15) is 5.56 Å². The third-order valence-electron chi connectivity index (χ3n) is 2.59. The maximum absolute atomic E-state index is 10.7. The minimum Gasteiger partial charge on any atom is -0.399 e. The summed E-state index contributed by atoms with van der Waals surface area (Å²) in [7, 11) is 0. The van der Waals surface area contributed by atoms with Crippen LogP contribution in [-0.4, -0.2) is 4.92 Å². The second kappa shape index (κ2) is 6.60. The summed E-state index contributed by atoms with van der Waals surface area (Å²) in [4.78, 5) is 11.4. The van der Waals surface area contributed by atoms with E-state index in [1.54, 1.807) is 17.8 Å². The van der Waals surface area contributed by atoms with Crippen molar-refractivity contribution in [3.05, 3.63) is 61.0 Å². The number of nitro benzene ring substituents is 1. The Hall–Kier alpha value is -1.05. The summed E-state index contributed by atoms with van der Waals surface area (Å²) < 4.78 is 1.69. The first-order valence-corrected chi connectivity index (χ1v) is 8.15. The number of nitrogens with zero attached hydrogens (tertiary/aromatic N) is 1. The summed E-state index contributed by atoms with van der Waals surface area (Å²) >= 11 is 8.47. The number of anilines is 1. The zero-order chi connectivity index (χ0) is 14.7. The van der Waals surface area contributed by atoms with E-state index in [-0.39, 0.29) is 5.69 Å². The highest BCUT2D eigenvalue weighted by molar-refractivity contribution is 9.10. The first kappa shape index (κ1) is 15.3. The van der Waals surface area contributed by atoms with Gasteiger partial charge in [0.2, 0.25) is 0 Å². The molecule has 2 N–H and O–H groups in total. The van der Waals surface area contributed by atoms with Gasteiger partial charge in [-0.3, -0.25) is 10.1 Å². The molecular formula is C13H10Br2N2O2S. The van der Waals surface area contributed by atoms with Gasteiger partial charge in [0.25, 0.3) is 5.69 Å². The highest BCUT2D eigenvalue weighted by atomic mass is 79.9. The van der Waals surface area contributed by atoms with Crippen molar-refractivity contribution in [2.75, 3.05) is 5.73 Å². The van der Waals surface area contributed by atoms with Crippen LogP contribution < -0.4 is 5.73 Å². The molecule has 0 aliphatic rings. The van der Waals surface area contributed by atoms with Gasteiger partial charge in [0.05, 0.1) is 4.92 Å². The van der Waals surface area contributed by atoms with E-state index in [9.17, 15) is 10.1 Å². The molecule has 2 aromatic rings. The van der Waals surface area contributed by atoms with Crippen LogP contribution in [0.5, 0.6) is 0 Å². The van der Waals surface area contributed by atoms with Crippen LogP contribution in [0.4, 0.5) is 11.4 Å². The smallest absolute Gasteiger partial charge is 0.270 e. The third kappa shape index (κ3) is 3.74. The number of nitro groups is 1. The van der Waals surface area contributed by atoms with E-state index >= 15 is 0 Å². The number of hydrogen-bond acceptors (Lipinski definition) is 4. The zero-order valence-electron chi connectivity index (χ0n) is 10.2. The lowest BCUT2D eigenvalue weighted by Gasteiger charge is -2.07. The fourth-order valence-corrected chi connectivity index (χ4v) is 3.91. The summed E-state index contributed by atoms with van der Waals surface area (Å²) in [5.41, 5.74) is 7.49. The second-order valence-electron chi connectivity index (χ2n) is 4.01. The molecule has 0 saturated heterocycles. The van der Waals surface area contributed by atoms with Crippen LogP contribution in [0.25, 0.3) is 0 Å². The van der Waals surface area contributed by atoms with Gasteiger partial charge in [0.1, 0.15) is 0 Å². The van der Waals surface area contributed by atoms with E-state index in [0.717, 1.165) is 19.4 Å². The molecule has 0 aliphatic heterocycles. The molecule has 0 heterocycles. The molecule has 0 spiro atoms. The Morgan fingerprint density at radius 3 is 2.50 bits per heavy atom. The van der Waals surface area contributed by atoms with E-state index in [0.29, 0.717) is 11.4 Å². The molecule has 0 unspecified atom stereocenters. The van der Waals surface area contributed by atoms with Crippen molar-refractivity contribution in [1.29, 1.82) is 0 Å². The van der Waals surface area contributed by atoms with Crippen molar-refractivity contribution in [1.82, 2.24) is 0 Å². The van der Waals surface area contributed by atoms with Crippen LogP contribution in [-0.2, 0) is 5.75 Å². The molecule has 2 rings (SSSR count). The molecule has 104 valence electrons. The number of benzene rings is 2. The molecule has 2 aromatic carbocycles. The Morgan fingerprint density at radius 2 is 1.90 bits per heavy atom. The van der Waals surface area contributed by atoms with Gasteiger partial charge in [-0.2, -0.15) is 0 Å². The topological polar surface area (TPSA) is 69.2 Å². The summed E-state index contributed by atoms with van der Waals surface area (Å²) in [6, 6.07) is 10.4. The van der Waals surface area contributed by atoms with Gasteiger partial charge in [0, 0.05) is 37.4 Å². The minimum atomic E-state index is -0.405. The van der Waals surface area contributed by atoms with Crippen molar-refractivity contribution in [2.45, 2.75) is 10.6 Å². The van der Waals surface area contributed by atoms with Gasteiger partial charge in [-0.05, 0) is 39.7 Å². The number of rotatable bonds is 4. The van der Waals surface area contributed by atoms with Crippen molar-refractivity contribution in [3.63, 3.8) is 0 Å². The highest BCUT2D eigenvalue weighted by Crippen LogP contribution is 2.34. The van der Waals surface area contributed by atoms with Gasteiger partial charge in [-0.15, -0.1) is 11.8 Å². The van der Waals surface area contributed by atoms with E-state index < -0.39 is 4.92 Å². The van der Waals surface area contributed by atoms with Crippen LogP contribution >= 0.6 is 43.6 Å². The maximum Gasteiger partial charge on any atom is 0.270 e. The molecular weight excluding hydrogens is 408 g/mol. The second-order valence-corrected chi connectivity index (χ2v) is 6.74. The average molecular weight is 418 g/mol. The Labute approximate surface area is 137 Å². The summed E-state index contributed by atoms with van der Waals surface area (Å²) in [6.45, 7) is 0. The Bertz CT molecular complexity index is 665. The van der Waals surface area contributed by atoms with Crippen LogP contribution in [0.15, 0.2) is 50.2 Å². The molecule has 0 fully saturated rings. The molecule has 20 heavy (non-hydrogen) atoms. The quantitative estimate of drug-likeness (QED) is 0.329. The van der Waals surface area contributed by atoms with E-state index in [1.807, 2.05) is 18.2 Å². The van der Waals surface area contributed by atoms with E-state index in [1.165, 1.54) is 12.1 Å². The Morgan fingerprint density at radius 1 is 1.15 bits per heavy atom. The molecule has 0 amide bonds. The molecule has 0 aromatic heterocycles. The predicted octanol–water partition coefficient (Wildman–Crippen LogP) is 4.99. The number of non-ortho nitro benzene ring substituents is 1. The van der Waals surface area contributed by atoms with Gasteiger partial charge < -0.3 is 5.73 Å². The number of halogens is 2.